The van der Waals surface area contributed by atoms with Crippen LogP contribution in [-0.4, -0.2) is 43.7 Å². The molecule has 7 nitrogen and oxygen atoms in total. The van der Waals surface area contributed by atoms with Gasteiger partial charge in [0.05, 0.1) is 4.90 Å². The fourth-order valence-corrected chi connectivity index (χ4v) is 4.79. The molecule has 2 unspecified atom stereocenters. The van der Waals surface area contributed by atoms with Crippen LogP contribution in [0, 0.1) is 11.8 Å². The minimum absolute atomic E-state index is 0.0528. The number of nitrogens with one attached hydrogen (secondary N) is 2. The van der Waals surface area contributed by atoms with E-state index in [0.717, 1.165) is 5.56 Å². The minimum Gasteiger partial charge on any atom is -0.352 e. The Morgan fingerprint density at radius 1 is 1.24 bits per heavy atom. The van der Waals surface area contributed by atoms with Crippen LogP contribution in [0.5, 0.6) is 0 Å². The first-order valence-electron chi connectivity index (χ1n) is 8.09. The number of sulfonamides is 1. The van der Waals surface area contributed by atoms with Crippen molar-refractivity contribution in [2.75, 3.05) is 13.1 Å². The molecule has 2 aliphatic rings. The number of hydrogen-bond donors (Lipinski definition) is 2. The Morgan fingerprint density at radius 3 is 2.36 bits per heavy atom. The van der Waals surface area contributed by atoms with Crippen molar-refractivity contribution in [1.82, 2.24) is 14.9 Å². The van der Waals surface area contributed by atoms with E-state index in [-0.39, 0.29) is 34.6 Å². The molecule has 1 aromatic rings. The average Bonchev–Trinajstić information content (AvgIpc) is 3.02. The number of carbonyl (C=O) groups excluding carboxylic acids is 2. The van der Waals surface area contributed by atoms with Crippen LogP contribution in [-0.2, 0) is 26.2 Å². The Balaban J connectivity index is 1.61. The Bertz CT molecular complexity index is 792. The number of piperidine rings is 1. The maximum Gasteiger partial charge on any atom is 0.243 e. The second-order valence-electron chi connectivity index (χ2n) is 6.44. The van der Waals surface area contributed by atoms with Crippen molar-refractivity contribution in [3.63, 3.8) is 0 Å². The second-order valence-corrected chi connectivity index (χ2v) is 8.38. The van der Waals surface area contributed by atoms with E-state index in [9.17, 15) is 18.0 Å². The standard InChI is InChI=1S/C17H21N3O4S/c1-3-16(22)19-17-14-9-20(10-15(14)17)25(23,24)13-6-4-12(5-7-13)8-18-11(2)21/h3-7,14-15,17H,1,8-10H2,2H3,(H,18,21)(H,19,22). The first kappa shape index (κ1) is 17.6. The highest BCUT2D eigenvalue weighted by Gasteiger charge is 2.58. The van der Waals surface area contributed by atoms with Gasteiger partial charge in [-0.1, -0.05) is 18.7 Å². The van der Waals surface area contributed by atoms with Crippen LogP contribution >= 0.6 is 0 Å². The van der Waals surface area contributed by atoms with E-state index in [1.807, 2.05) is 0 Å². The summed E-state index contributed by atoms with van der Waals surface area (Å²) in [7, 11) is -3.53. The molecule has 2 amide bonds. The number of benzene rings is 1. The highest BCUT2D eigenvalue weighted by molar-refractivity contribution is 7.89. The van der Waals surface area contributed by atoms with Gasteiger partial charge in [-0.05, 0) is 35.6 Å². The average molecular weight is 363 g/mol. The SMILES string of the molecule is C=CC(=O)NC1C2CN(S(=O)(=O)c3ccc(CNC(C)=O)cc3)CC21. The van der Waals surface area contributed by atoms with Crippen LogP contribution in [0.25, 0.3) is 0 Å². The minimum atomic E-state index is -3.53. The Morgan fingerprint density at radius 2 is 1.84 bits per heavy atom. The molecule has 8 heteroatoms. The van der Waals surface area contributed by atoms with Gasteiger partial charge in [0.2, 0.25) is 21.8 Å². The van der Waals surface area contributed by atoms with Crippen molar-refractivity contribution < 1.29 is 18.0 Å². The fraction of sp³-hybridized carbons (Fsp3) is 0.412. The zero-order valence-electron chi connectivity index (χ0n) is 13.9. The maximum atomic E-state index is 12.7. The van der Waals surface area contributed by atoms with Crippen molar-refractivity contribution in [1.29, 1.82) is 0 Å². The molecule has 2 atom stereocenters. The van der Waals surface area contributed by atoms with Crippen LogP contribution in [0.15, 0.2) is 41.8 Å². The topological polar surface area (TPSA) is 95.6 Å². The summed E-state index contributed by atoms with van der Waals surface area (Å²) in [5.74, 6) is 0.00471. The third-order valence-corrected chi connectivity index (χ3v) is 6.60. The molecular formula is C17H21N3O4S. The number of hydrogen-bond acceptors (Lipinski definition) is 4. The molecule has 2 fully saturated rings. The van der Waals surface area contributed by atoms with Gasteiger partial charge >= 0.3 is 0 Å². The summed E-state index contributed by atoms with van der Waals surface area (Å²) >= 11 is 0. The smallest absolute Gasteiger partial charge is 0.243 e. The molecule has 3 rings (SSSR count). The zero-order valence-corrected chi connectivity index (χ0v) is 14.8. The lowest BCUT2D eigenvalue weighted by Gasteiger charge is -2.20. The van der Waals surface area contributed by atoms with Crippen molar-refractivity contribution in [2.45, 2.75) is 24.4 Å². The van der Waals surface area contributed by atoms with Gasteiger partial charge in [0.1, 0.15) is 0 Å². The molecule has 134 valence electrons. The lowest BCUT2D eigenvalue weighted by atomic mass is 10.2. The van der Waals surface area contributed by atoms with Crippen LogP contribution in [0.3, 0.4) is 0 Å². The molecule has 1 saturated heterocycles. The van der Waals surface area contributed by atoms with E-state index in [2.05, 4.69) is 17.2 Å². The molecule has 1 aliphatic heterocycles. The molecule has 1 heterocycles. The summed E-state index contributed by atoms with van der Waals surface area (Å²) in [6.45, 7) is 6.06. The van der Waals surface area contributed by atoms with Crippen LogP contribution in [0.1, 0.15) is 12.5 Å². The second kappa shape index (κ2) is 6.61. The highest BCUT2D eigenvalue weighted by atomic mass is 32.2. The van der Waals surface area contributed by atoms with Gasteiger partial charge in [-0.25, -0.2) is 8.42 Å². The van der Waals surface area contributed by atoms with Gasteiger partial charge in [-0.2, -0.15) is 4.31 Å². The van der Waals surface area contributed by atoms with Gasteiger partial charge in [0.15, 0.2) is 0 Å². The molecule has 0 radical (unpaired) electrons. The number of amides is 2. The van der Waals surface area contributed by atoms with E-state index in [0.29, 0.717) is 19.6 Å². The molecular weight excluding hydrogens is 342 g/mol. The number of carbonyl (C=O) groups is 2. The normalized spacial score (nSPS) is 25.1. The van der Waals surface area contributed by atoms with Gasteiger partial charge in [-0.3, -0.25) is 9.59 Å². The Hall–Kier alpha value is -2.19. The highest BCUT2D eigenvalue weighted by Crippen LogP contribution is 2.47. The molecule has 25 heavy (non-hydrogen) atoms. The van der Waals surface area contributed by atoms with Gasteiger partial charge in [-0.15, -0.1) is 0 Å². The summed E-state index contributed by atoms with van der Waals surface area (Å²) in [5, 5.41) is 5.51. The van der Waals surface area contributed by atoms with Gasteiger partial charge in [0, 0.05) is 32.6 Å². The first-order valence-corrected chi connectivity index (χ1v) is 9.53. The van der Waals surface area contributed by atoms with Crippen LogP contribution in [0.2, 0.25) is 0 Å². The van der Waals surface area contributed by atoms with Gasteiger partial charge < -0.3 is 10.6 Å². The molecule has 0 spiro atoms. The molecule has 1 aliphatic carbocycles. The Labute approximate surface area is 147 Å². The number of fused-ring (bicyclic) bond motifs is 1. The summed E-state index contributed by atoms with van der Waals surface area (Å²) in [5.41, 5.74) is 0.839. The van der Waals surface area contributed by atoms with E-state index >= 15 is 0 Å². The first-order chi connectivity index (χ1) is 11.8. The Kier molecular flexibility index (Phi) is 4.66. The van der Waals surface area contributed by atoms with Crippen molar-refractivity contribution in [3.05, 3.63) is 42.5 Å². The maximum absolute atomic E-state index is 12.7. The predicted molar refractivity (Wildman–Crippen MR) is 91.8 cm³/mol. The predicted octanol–water partition coefficient (Wildman–Crippen LogP) is 0.244. The summed E-state index contributed by atoms with van der Waals surface area (Å²) in [6.07, 6.45) is 1.23. The summed E-state index contributed by atoms with van der Waals surface area (Å²) in [4.78, 5) is 22.5. The quantitative estimate of drug-likeness (QED) is 0.708. The lowest BCUT2D eigenvalue weighted by Crippen LogP contribution is -2.36. The summed E-state index contributed by atoms with van der Waals surface area (Å²) < 4.78 is 26.9. The van der Waals surface area contributed by atoms with E-state index in [1.165, 1.54) is 17.3 Å². The molecule has 1 aromatic carbocycles. The summed E-state index contributed by atoms with van der Waals surface area (Å²) in [6, 6.07) is 6.58. The van der Waals surface area contributed by atoms with E-state index < -0.39 is 10.0 Å². The third-order valence-electron chi connectivity index (χ3n) is 4.76. The van der Waals surface area contributed by atoms with Gasteiger partial charge in [0.25, 0.3) is 0 Å². The number of nitrogens with zero attached hydrogens (tertiary/aromatic N) is 1. The fourth-order valence-electron chi connectivity index (χ4n) is 3.28. The monoisotopic (exact) mass is 363 g/mol. The van der Waals surface area contributed by atoms with Crippen molar-refractivity contribution in [2.24, 2.45) is 11.8 Å². The largest absolute Gasteiger partial charge is 0.352 e. The van der Waals surface area contributed by atoms with E-state index in [1.54, 1.807) is 24.3 Å². The zero-order chi connectivity index (χ0) is 18.2. The van der Waals surface area contributed by atoms with Crippen LogP contribution < -0.4 is 10.6 Å². The molecule has 0 bridgehead atoms. The van der Waals surface area contributed by atoms with E-state index in [4.69, 9.17) is 0 Å². The number of rotatable bonds is 6. The van der Waals surface area contributed by atoms with Crippen molar-refractivity contribution in [3.8, 4) is 0 Å². The van der Waals surface area contributed by atoms with Crippen LogP contribution in [0.4, 0.5) is 0 Å². The molecule has 1 saturated carbocycles. The molecule has 0 aromatic heterocycles. The lowest BCUT2D eigenvalue weighted by molar-refractivity contribution is -0.119. The third kappa shape index (κ3) is 3.59. The van der Waals surface area contributed by atoms with Crippen molar-refractivity contribution >= 4 is 21.8 Å². The molecule has 2 N–H and O–H groups in total.